The summed E-state index contributed by atoms with van der Waals surface area (Å²) < 4.78 is 32.2. The summed E-state index contributed by atoms with van der Waals surface area (Å²) in [6, 6.07) is 3.86. The lowest BCUT2D eigenvalue weighted by Gasteiger charge is -2.37. The van der Waals surface area contributed by atoms with Crippen molar-refractivity contribution in [1.29, 1.82) is 0 Å². The predicted octanol–water partition coefficient (Wildman–Crippen LogP) is 3.74. The van der Waals surface area contributed by atoms with Gasteiger partial charge in [0.1, 0.15) is 17.5 Å². The van der Waals surface area contributed by atoms with Gasteiger partial charge in [-0.05, 0) is 18.6 Å². The fraction of sp³-hybridized carbons (Fsp3) is 0.500. The van der Waals surface area contributed by atoms with Crippen molar-refractivity contribution in [2.75, 3.05) is 6.54 Å². The Morgan fingerprint density at radius 3 is 2.63 bits per heavy atom. The van der Waals surface area contributed by atoms with Crippen molar-refractivity contribution in [3.05, 3.63) is 65.8 Å². The topological polar surface area (TPSA) is 51.8 Å². The van der Waals surface area contributed by atoms with E-state index in [2.05, 4.69) is 42.7 Å². The van der Waals surface area contributed by atoms with E-state index in [9.17, 15) is 8.78 Å². The van der Waals surface area contributed by atoms with Crippen LogP contribution in [-0.2, 0) is 25.0 Å². The van der Waals surface area contributed by atoms with Crippen LogP contribution in [0.4, 0.5) is 8.78 Å². The number of imidazole rings is 1. The molecule has 8 heteroatoms. The van der Waals surface area contributed by atoms with Crippen molar-refractivity contribution >= 4 is 0 Å². The van der Waals surface area contributed by atoms with E-state index in [-0.39, 0.29) is 17.4 Å². The molecular formula is C22H28F2N6. The van der Waals surface area contributed by atoms with Gasteiger partial charge in [-0.25, -0.2) is 23.4 Å². The van der Waals surface area contributed by atoms with E-state index in [0.29, 0.717) is 18.7 Å². The van der Waals surface area contributed by atoms with Crippen LogP contribution in [0.15, 0.2) is 36.9 Å². The van der Waals surface area contributed by atoms with Crippen LogP contribution in [0.25, 0.3) is 0 Å². The number of rotatable bonds is 5. The maximum atomic E-state index is 14.7. The number of fused-ring (bicyclic) bond motifs is 1. The molecule has 0 fully saturated rings. The van der Waals surface area contributed by atoms with Crippen LogP contribution in [0.5, 0.6) is 0 Å². The predicted molar refractivity (Wildman–Crippen MR) is 110 cm³/mol. The molecule has 1 aromatic carbocycles. The molecule has 3 heterocycles. The maximum Gasteiger partial charge on any atom is 0.156 e. The number of hydrogen-bond acceptors (Lipinski definition) is 4. The normalized spacial score (nSPS) is 17.0. The van der Waals surface area contributed by atoms with E-state index in [1.807, 2.05) is 15.4 Å². The summed E-state index contributed by atoms with van der Waals surface area (Å²) in [6.45, 7) is 11.2. The molecule has 0 amide bonds. The molecule has 0 aliphatic carbocycles. The van der Waals surface area contributed by atoms with Crippen molar-refractivity contribution in [3.8, 4) is 0 Å². The average molecular weight is 415 g/mol. The Labute approximate surface area is 175 Å². The second-order valence-electron chi connectivity index (χ2n) is 9.07. The molecule has 0 N–H and O–H groups in total. The molecule has 2 atom stereocenters. The van der Waals surface area contributed by atoms with E-state index < -0.39 is 11.6 Å². The van der Waals surface area contributed by atoms with Crippen LogP contribution in [0, 0.1) is 11.6 Å². The van der Waals surface area contributed by atoms with Gasteiger partial charge < -0.3 is 4.57 Å². The molecule has 0 saturated heterocycles. The van der Waals surface area contributed by atoms with Gasteiger partial charge in [0.25, 0.3) is 0 Å². The van der Waals surface area contributed by atoms with E-state index in [0.717, 1.165) is 30.8 Å². The van der Waals surface area contributed by atoms with Gasteiger partial charge in [0, 0.05) is 48.9 Å². The number of benzene rings is 1. The smallest absolute Gasteiger partial charge is 0.156 e. The van der Waals surface area contributed by atoms with E-state index >= 15 is 0 Å². The van der Waals surface area contributed by atoms with Gasteiger partial charge in [0.2, 0.25) is 0 Å². The van der Waals surface area contributed by atoms with Gasteiger partial charge in [-0.3, -0.25) is 4.90 Å². The Hall–Kier alpha value is -2.61. The zero-order valence-corrected chi connectivity index (χ0v) is 17.9. The van der Waals surface area contributed by atoms with E-state index in [1.54, 1.807) is 18.6 Å². The second-order valence-corrected chi connectivity index (χ2v) is 9.07. The largest absolute Gasteiger partial charge is 0.337 e. The fourth-order valence-electron chi connectivity index (χ4n) is 4.01. The van der Waals surface area contributed by atoms with Crippen molar-refractivity contribution < 1.29 is 8.78 Å². The minimum atomic E-state index is -0.564. The molecule has 1 aliphatic rings. The minimum Gasteiger partial charge on any atom is -0.337 e. The van der Waals surface area contributed by atoms with E-state index in [4.69, 9.17) is 4.98 Å². The van der Waals surface area contributed by atoms with E-state index in [1.165, 1.54) is 6.07 Å². The van der Waals surface area contributed by atoms with Gasteiger partial charge in [0.15, 0.2) is 5.82 Å². The highest BCUT2D eigenvalue weighted by atomic mass is 19.1. The summed E-state index contributed by atoms with van der Waals surface area (Å²) in [4.78, 5) is 11.2. The Bertz CT molecular complexity index is 1010. The zero-order chi connectivity index (χ0) is 21.5. The van der Waals surface area contributed by atoms with Crippen LogP contribution in [0.1, 0.15) is 50.8 Å². The summed E-state index contributed by atoms with van der Waals surface area (Å²) in [5, 5.41) is 4.67. The molecule has 4 rings (SSSR count). The minimum absolute atomic E-state index is 0.0101. The first-order valence-electron chi connectivity index (χ1n) is 10.3. The number of halogens is 2. The van der Waals surface area contributed by atoms with Crippen LogP contribution in [0.3, 0.4) is 0 Å². The maximum absolute atomic E-state index is 14.7. The van der Waals surface area contributed by atoms with Crippen molar-refractivity contribution in [2.24, 2.45) is 0 Å². The van der Waals surface area contributed by atoms with Crippen LogP contribution in [0.2, 0.25) is 0 Å². The van der Waals surface area contributed by atoms with Crippen molar-refractivity contribution in [3.63, 3.8) is 0 Å². The first-order chi connectivity index (χ1) is 14.2. The van der Waals surface area contributed by atoms with Crippen molar-refractivity contribution in [1.82, 2.24) is 29.2 Å². The molecule has 2 aromatic heterocycles. The summed E-state index contributed by atoms with van der Waals surface area (Å²) in [5.74, 6) is 0.523. The Morgan fingerprint density at radius 2 is 1.97 bits per heavy atom. The number of aromatic nitrogens is 5. The quantitative estimate of drug-likeness (QED) is 0.638. The zero-order valence-electron chi connectivity index (χ0n) is 17.9. The SMILES string of the molecule is CC(C(Cn1ccnc1)c1ccc(F)cc1F)N1CCn2nc(C(C)(C)C)nc2C1. The second kappa shape index (κ2) is 7.91. The highest BCUT2D eigenvalue weighted by Crippen LogP contribution is 2.30. The molecular weight excluding hydrogens is 386 g/mol. The lowest BCUT2D eigenvalue weighted by atomic mass is 9.90. The summed E-state index contributed by atoms with van der Waals surface area (Å²) in [7, 11) is 0. The molecule has 0 saturated carbocycles. The number of nitrogens with zero attached hydrogens (tertiary/aromatic N) is 6. The molecule has 3 aromatic rings. The monoisotopic (exact) mass is 414 g/mol. The van der Waals surface area contributed by atoms with Gasteiger partial charge >= 0.3 is 0 Å². The van der Waals surface area contributed by atoms with Crippen LogP contribution >= 0.6 is 0 Å². The summed E-state index contributed by atoms with van der Waals surface area (Å²) in [5.41, 5.74) is 0.405. The number of hydrogen-bond donors (Lipinski definition) is 0. The van der Waals surface area contributed by atoms with Crippen LogP contribution in [-0.4, -0.2) is 41.8 Å². The third kappa shape index (κ3) is 4.14. The summed E-state index contributed by atoms with van der Waals surface area (Å²) >= 11 is 0. The first-order valence-corrected chi connectivity index (χ1v) is 10.3. The lowest BCUT2D eigenvalue weighted by molar-refractivity contribution is 0.131. The lowest BCUT2D eigenvalue weighted by Crippen LogP contribution is -2.44. The van der Waals surface area contributed by atoms with Gasteiger partial charge in [-0.2, -0.15) is 5.10 Å². The van der Waals surface area contributed by atoms with Gasteiger partial charge in [-0.15, -0.1) is 0 Å². The highest BCUT2D eigenvalue weighted by Gasteiger charge is 2.32. The molecule has 6 nitrogen and oxygen atoms in total. The summed E-state index contributed by atoms with van der Waals surface area (Å²) in [6.07, 6.45) is 5.30. The molecule has 30 heavy (non-hydrogen) atoms. The standard InChI is InChI=1S/C22H28F2N6/c1-15(29-9-10-30-20(13-29)26-21(27-30)22(2,3)4)18(12-28-8-7-25-14-28)17-6-5-16(23)11-19(17)24/h5-8,11,14-15,18H,9-10,12-13H2,1-4H3. The third-order valence-corrected chi connectivity index (χ3v) is 5.85. The molecule has 0 spiro atoms. The fourth-order valence-corrected chi connectivity index (χ4v) is 4.01. The molecule has 2 unspecified atom stereocenters. The van der Waals surface area contributed by atoms with Gasteiger partial charge in [-0.1, -0.05) is 26.8 Å². The first kappa shape index (κ1) is 20.7. The Balaban J connectivity index is 1.61. The van der Waals surface area contributed by atoms with Crippen molar-refractivity contribution in [2.45, 2.75) is 64.7 Å². The Kier molecular flexibility index (Phi) is 5.44. The Morgan fingerprint density at radius 1 is 1.17 bits per heavy atom. The highest BCUT2D eigenvalue weighted by molar-refractivity contribution is 5.24. The molecule has 160 valence electrons. The molecule has 0 bridgehead atoms. The molecule has 0 radical (unpaired) electrons. The average Bonchev–Trinajstić information content (AvgIpc) is 3.34. The van der Waals surface area contributed by atoms with Gasteiger partial charge in [0.05, 0.1) is 19.4 Å². The van der Waals surface area contributed by atoms with Crippen LogP contribution < -0.4 is 0 Å². The molecule has 1 aliphatic heterocycles. The third-order valence-electron chi connectivity index (χ3n) is 5.85.